The number of amides is 1. The third-order valence-corrected chi connectivity index (χ3v) is 4.18. The molecule has 0 aliphatic heterocycles. The van der Waals surface area contributed by atoms with Crippen molar-refractivity contribution in [2.24, 2.45) is 0 Å². The molecule has 1 atom stereocenters. The Hall–Kier alpha value is -1.95. The molecule has 6 heteroatoms. The molecule has 1 amide bonds. The molecule has 0 saturated heterocycles. The van der Waals surface area contributed by atoms with Gasteiger partial charge in [0.25, 0.3) is 0 Å². The van der Waals surface area contributed by atoms with E-state index in [0.29, 0.717) is 0 Å². The van der Waals surface area contributed by atoms with Gasteiger partial charge in [-0.2, -0.15) is 0 Å². The number of rotatable bonds is 5. The minimum absolute atomic E-state index is 0.187. The number of hydrogen-bond acceptors (Lipinski definition) is 4. The quantitative estimate of drug-likeness (QED) is 0.659. The normalized spacial score (nSPS) is 12.3. The van der Waals surface area contributed by atoms with Crippen LogP contribution in [-0.2, 0) is 4.79 Å². The first-order valence-corrected chi connectivity index (χ1v) is 8.32. The first kappa shape index (κ1) is 17.4. The molecule has 0 aliphatic rings. The Balaban J connectivity index is 2.08. The van der Waals surface area contributed by atoms with Gasteiger partial charge in [0.15, 0.2) is 0 Å². The van der Waals surface area contributed by atoms with Crippen LogP contribution in [0.3, 0.4) is 0 Å². The molecule has 0 saturated carbocycles. The molecule has 0 radical (unpaired) electrons. The van der Waals surface area contributed by atoms with Crippen LogP contribution >= 0.6 is 11.8 Å². The zero-order chi connectivity index (χ0) is 17.0. The Kier molecular flexibility index (Phi) is 5.71. The number of thioether (sulfide) groups is 1. The number of anilines is 1. The number of benzene rings is 1. The summed E-state index contributed by atoms with van der Waals surface area (Å²) in [6.07, 6.45) is 0. The average molecular weight is 333 g/mol. The standard InChI is InChI=1S/C17H20FN3OS/c1-10(2)16-19-11(3)9-15(21-16)23-12(4)17(22)20-14-8-6-5-7-13(14)18/h5-10,12H,1-4H3,(H,20,22)/t12-/m0/s1. The highest BCUT2D eigenvalue weighted by Gasteiger charge is 2.17. The number of nitrogens with zero attached hydrogens (tertiary/aromatic N) is 2. The van der Waals surface area contributed by atoms with Crippen LogP contribution in [0.25, 0.3) is 0 Å². The molecule has 4 nitrogen and oxygen atoms in total. The Morgan fingerprint density at radius 1 is 1.22 bits per heavy atom. The number of halogens is 1. The van der Waals surface area contributed by atoms with Gasteiger partial charge in [-0.25, -0.2) is 14.4 Å². The van der Waals surface area contributed by atoms with Crippen molar-refractivity contribution in [1.29, 1.82) is 0 Å². The molecule has 1 aromatic heterocycles. The summed E-state index contributed by atoms with van der Waals surface area (Å²) < 4.78 is 13.6. The maximum absolute atomic E-state index is 13.6. The predicted octanol–water partition coefficient (Wildman–Crippen LogP) is 4.17. The lowest BCUT2D eigenvalue weighted by atomic mass is 10.2. The Morgan fingerprint density at radius 2 is 1.91 bits per heavy atom. The van der Waals surface area contributed by atoms with Crippen molar-refractivity contribution in [2.45, 2.75) is 43.9 Å². The second-order valence-electron chi connectivity index (χ2n) is 5.59. The molecule has 0 aliphatic carbocycles. The van der Waals surface area contributed by atoms with Crippen LogP contribution < -0.4 is 5.32 Å². The Bertz CT molecular complexity index is 706. The van der Waals surface area contributed by atoms with E-state index >= 15 is 0 Å². The fourth-order valence-corrected chi connectivity index (χ4v) is 2.83. The summed E-state index contributed by atoms with van der Waals surface area (Å²) in [5.74, 6) is 0.270. The summed E-state index contributed by atoms with van der Waals surface area (Å²) in [6.45, 7) is 7.73. The van der Waals surface area contributed by atoms with Crippen molar-refractivity contribution in [3.8, 4) is 0 Å². The van der Waals surface area contributed by atoms with Crippen molar-refractivity contribution in [3.05, 3.63) is 47.7 Å². The smallest absolute Gasteiger partial charge is 0.237 e. The highest BCUT2D eigenvalue weighted by atomic mass is 32.2. The van der Waals surface area contributed by atoms with Crippen LogP contribution in [0, 0.1) is 12.7 Å². The van der Waals surface area contributed by atoms with Crippen LogP contribution in [0.4, 0.5) is 10.1 Å². The van der Waals surface area contributed by atoms with Crippen molar-refractivity contribution in [3.63, 3.8) is 0 Å². The van der Waals surface area contributed by atoms with E-state index in [4.69, 9.17) is 0 Å². The molecule has 0 unspecified atom stereocenters. The maximum Gasteiger partial charge on any atom is 0.237 e. The van der Waals surface area contributed by atoms with Crippen LogP contribution in [0.15, 0.2) is 35.4 Å². The van der Waals surface area contributed by atoms with Crippen LogP contribution in [0.2, 0.25) is 0 Å². The van der Waals surface area contributed by atoms with E-state index in [2.05, 4.69) is 15.3 Å². The predicted molar refractivity (Wildman–Crippen MR) is 91.2 cm³/mol. The van der Waals surface area contributed by atoms with Crippen LogP contribution in [0.1, 0.15) is 38.2 Å². The number of aromatic nitrogens is 2. The van der Waals surface area contributed by atoms with Gasteiger partial charge in [-0.3, -0.25) is 4.79 Å². The van der Waals surface area contributed by atoms with Crippen molar-refractivity contribution >= 4 is 23.4 Å². The van der Waals surface area contributed by atoms with E-state index in [1.807, 2.05) is 26.8 Å². The first-order chi connectivity index (χ1) is 10.9. The lowest BCUT2D eigenvalue weighted by Gasteiger charge is -2.13. The molecular weight excluding hydrogens is 313 g/mol. The van der Waals surface area contributed by atoms with Gasteiger partial charge in [0.2, 0.25) is 5.91 Å². The molecule has 1 N–H and O–H groups in total. The van der Waals surface area contributed by atoms with Crippen molar-refractivity contribution in [2.75, 3.05) is 5.32 Å². The molecule has 0 bridgehead atoms. The summed E-state index contributed by atoms with van der Waals surface area (Å²) in [7, 11) is 0. The van der Waals surface area contributed by atoms with Gasteiger partial charge >= 0.3 is 0 Å². The largest absolute Gasteiger partial charge is 0.323 e. The monoisotopic (exact) mass is 333 g/mol. The molecule has 0 spiro atoms. The number of hydrogen-bond donors (Lipinski definition) is 1. The van der Waals surface area contributed by atoms with Gasteiger partial charge < -0.3 is 5.32 Å². The summed E-state index contributed by atoms with van der Waals surface area (Å²) >= 11 is 1.34. The summed E-state index contributed by atoms with van der Waals surface area (Å²) in [4.78, 5) is 21.1. The lowest BCUT2D eigenvalue weighted by Crippen LogP contribution is -2.23. The molecule has 0 fully saturated rings. The molecule has 122 valence electrons. The Labute approximate surface area is 139 Å². The van der Waals surface area contributed by atoms with Crippen LogP contribution in [0.5, 0.6) is 0 Å². The zero-order valence-electron chi connectivity index (χ0n) is 13.6. The van der Waals surface area contributed by atoms with Gasteiger partial charge in [-0.15, -0.1) is 0 Å². The average Bonchev–Trinajstić information content (AvgIpc) is 2.48. The summed E-state index contributed by atoms with van der Waals surface area (Å²) in [6, 6.07) is 7.97. The highest BCUT2D eigenvalue weighted by Crippen LogP contribution is 2.25. The number of nitrogens with one attached hydrogen (secondary N) is 1. The van der Waals surface area contributed by atoms with Gasteiger partial charge in [0.05, 0.1) is 10.9 Å². The number of carbonyl (C=O) groups excluding carboxylic acids is 1. The summed E-state index contributed by atoms with van der Waals surface area (Å²) in [5.41, 5.74) is 1.06. The molecular formula is C17H20FN3OS. The fraction of sp³-hybridized carbons (Fsp3) is 0.353. The Morgan fingerprint density at radius 3 is 2.57 bits per heavy atom. The second-order valence-corrected chi connectivity index (χ2v) is 6.95. The molecule has 1 heterocycles. The lowest BCUT2D eigenvalue weighted by molar-refractivity contribution is -0.115. The highest BCUT2D eigenvalue weighted by molar-refractivity contribution is 8.00. The van der Waals surface area contributed by atoms with Gasteiger partial charge in [0.1, 0.15) is 16.7 Å². The van der Waals surface area contributed by atoms with Crippen molar-refractivity contribution < 1.29 is 9.18 Å². The van der Waals surface area contributed by atoms with Gasteiger partial charge in [0, 0.05) is 11.6 Å². The van der Waals surface area contributed by atoms with Crippen molar-refractivity contribution in [1.82, 2.24) is 9.97 Å². The molecule has 1 aromatic carbocycles. The van der Waals surface area contributed by atoms with Gasteiger partial charge in [-0.1, -0.05) is 37.7 Å². The zero-order valence-corrected chi connectivity index (χ0v) is 14.4. The number of carbonyl (C=O) groups is 1. The van der Waals surface area contributed by atoms with E-state index in [9.17, 15) is 9.18 Å². The fourth-order valence-electron chi connectivity index (χ4n) is 1.91. The topological polar surface area (TPSA) is 54.9 Å². The van der Waals surface area contributed by atoms with E-state index in [1.165, 1.54) is 23.9 Å². The van der Waals surface area contributed by atoms with Gasteiger partial charge in [-0.05, 0) is 32.0 Å². The summed E-state index contributed by atoms with van der Waals surface area (Å²) in [5, 5.41) is 2.95. The van der Waals surface area contributed by atoms with E-state index in [0.717, 1.165) is 16.5 Å². The molecule has 2 aromatic rings. The minimum Gasteiger partial charge on any atom is -0.323 e. The third kappa shape index (κ3) is 4.76. The number of aryl methyl sites for hydroxylation is 1. The second kappa shape index (κ2) is 7.55. The van der Waals surface area contributed by atoms with Crippen LogP contribution in [-0.4, -0.2) is 21.1 Å². The maximum atomic E-state index is 13.6. The van der Waals surface area contributed by atoms with E-state index in [1.54, 1.807) is 19.1 Å². The molecule has 2 rings (SSSR count). The first-order valence-electron chi connectivity index (χ1n) is 7.44. The molecule has 23 heavy (non-hydrogen) atoms. The van der Waals surface area contributed by atoms with E-state index < -0.39 is 11.1 Å². The number of para-hydroxylation sites is 1. The SMILES string of the molecule is Cc1cc(S[C@@H](C)C(=O)Nc2ccccc2F)nc(C(C)C)n1. The minimum atomic E-state index is -0.446. The third-order valence-electron chi connectivity index (χ3n) is 3.16. The van der Waals surface area contributed by atoms with E-state index in [-0.39, 0.29) is 17.5 Å².